The second-order valence-electron chi connectivity index (χ2n) is 2.46. The summed E-state index contributed by atoms with van der Waals surface area (Å²) in [7, 11) is 0. The number of hydrogen-bond acceptors (Lipinski definition) is 4. The number of carbonyl (C=O) groups is 2. The third-order valence-corrected chi connectivity index (χ3v) is 1.41. The Morgan fingerprint density at radius 1 is 1.50 bits per heavy atom. The highest BCUT2D eigenvalue weighted by Gasteiger charge is 2.08. The molecule has 0 saturated heterocycles. The van der Waals surface area contributed by atoms with Crippen molar-refractivity contribution < 1.29 is 9.59 Å². The number of nitrogens with zero attached hydrogens (tertiary/aromatic N) is 2. The summed E-state index contributed by atoms with van der Waals surface area (Å²) in [6, 6.07) is 1.54. The van der Waals surface area contributed by atoms with E-state index in [0.717, 1.165) is 0 Å². The molecule has 4 nitrogen and oxygen atoms in total. The summed E-state index contributed by atoms with van der Waals surface area (Å²) in [4.78, 5) is 21.3. The number of carbonyl (C=O) groups excluding carboxylic acids is 2. The molecule has 1 aromatic rings. The van der Waals surface area contributed by atoms with Crippen LogP contribution in [0.25, 0.3) is 0 Å². The Morgan fingerprint density at radius 2 is 2.17 bits per heavy atom. The highest BCUT2D eigenvalue weighted by atomic mass is 16.1. The average Bonchev–Trinajstić information content (AvgIpc) is 2.03. The molecule has 12 heavy (non-hydrogen) atoms. The van der Waals surface area contributed by atoms with Gasteiger partial charge in [-0.1, -0.05) is 0 Å². The first-order valence-corrected chi connectivity index (χ1v) is 3.45. The lowest BCUT2D eigenvalue weighted by Crippen LogP contribution is -2.05. The first-order valence-electron chi connectivity index (χ1n) is 3.45. The van der Waals surface area contributed by atoms with Crippen molar-refractivity contribution in [2.75, 3.05) is 0 Å². The molecule has 4 heteroatoms. The van der Waals surface area contributed by atoms with Gasteiger partial charge in [-0.05, 0) is 13.0 Å². The number of aryl methyl sites for hydroxylation is 1. The molecule has 62 valence electrons. The maximum absolute atomic E-state index is 10.9. The fourth-order valence-electron chi connectivity index (χ4n) is 0.872. The molecule has 0 unspecified atom stereocenters. The Bertz CT molecular complexity index is 334. The molecule has 0 saturated carbocycles. The zero-order chi connectivity index (χ0) is 9.14. The van der Waals surface area contributed by atoms with Crippen molar-refractivity contribution in [1.82, 2.24) is 10.2 Å². The van der Waals surface area contributed by atoms with E-state index in [4.69, 9.17) is 0 Å². The van der Waals surface area contributed by atoms with Crippen molar-refractivity contribution >= 4 is 12.1 Å². The van der Waals surface area contributed by atoms with E-state index in [2.05, 4.69) is 10.2 Å². The van der Waals surface area contributed by atoms with Gasteiger partial charge in [0.1, 0.15) is 5.69 Å². The van der Waals surface area contributed by atoms with E-state index >= 15 is 0 Å². The van der Waals surface area contributed by atoms with Crippen LogP contribution in [-0.2, 0) is 0 Å². The standard InChI is InChI=1S/C8H8N2O2/c1-5-3-7(4-11)8(6(2)12)10-9-5/h3-4H,1-2H3. The maximum Gasteiger partial charge on any atom is 0.180 e. The quantitative estimate of drug-likeness (QED) is 0.479. The van der Waals surface area contributed by atoms with Crippen molar-refractivity contribution in [2.24, 2.45) is 0 Å². The Labute approximate surface area is 69.6 Å². The molecule has 0 amide bonds. The van der Waals surface area contributed by atoms with Gasteiger partial charge in [0.05, 0.1) is 5.69 Å². The minimum absolute atomic E-state index is 0.135. The molecule has 0 radical (unpaired) electrons. The van der Waals surface area contributed by atoms with E-state index in [1.165, 1.54) is 13.0 Å². The monoisotopic (exact) mass is 164 g/mol. The summed E-state index contributed by atoms with van der Waals surface area (Å²) in [6.45, 7) is 3.07. The maximum atomic E-state index is 10.9. The molecule has 1 heterocycles. The summed E-state index contributed by atoms with van der Waals surface area (Å²) in [6.07, 6.45) is 0.610. The normalized spacial score (nSPS) is 9.50. The van der Waals surface area contributed by atoms with E-state index in [0.29, 0.717) is 17.5 Å². The van der Waals surface area contributed by atoms with Crippen LogP contribution < -0.4 is 0 Å². The minimum Gasteiger partial charge on any atom is -0.298 e. The lowest BCUT2D eigenvalue weighted by molar-refractivity contribution is 0.0999. The van der Waals surface area contributed by atoms with E-state index in [1.54, 1.807) is 6.92 Å². The molecule has 0 aliphatic heterocycles. The molecular formula is C8H8N2O2. The first-order chi connectivity index (χ1) is 5.65. The number of hydrogen-bond donors (Lipinski definition) is 0. The van der Waals surface area contributed by atoms with E-state index in [-0.39, 0.29) is 11.5 Å². The van der Waals surface area contributed by atoms with Gasteiger partial charge in [-0.25, -0.2) is 0 Å². The van der Waals surface area contributed by atoms with Crippen LogP contribution in [-0.4, -0.2) is 22.3 Å². The Morgan fingerprint density at radius 3 is 2.67 bits per heavy atom. The smallest absolute Gasteiger partial charge is 0.180 e. The molecule has 1 rings (SSSR count). The number of ketones is 1. The molecule has 0 N–H and O–H groups in total. The van der Waals surface area contributed by atoms with Crippen LogP contribution in [0, 0.1) is 6.92 Å². The molecule has 0 aromatic carbocycles. The van der Waals surface area contributed by atoms with Crippen molar-refractivity contribution in [3.05, 3.63) is 23.0 Å². The zero-order valence-electron chi connectivity index (χ0n) is 6.87. The second kappa shape index (κ2) is 3.21. The third-order valence-electron chi connectivity index (χ3n) is 1.41. The van der Waals surface area contributed by atoms with Gasteiger partial charge in [0, 0.05) is 12.5 Å². The zero-order valence-corrected chi connectivity index (χ0v) is 6.87. The summed E-state index contributed by atoms with van der Waals surface area (Å²) in [5.41, 5.74) is 1.06. The lowest BCUT2D eigenvalue weighted by atomic mass is 10.1. The molecule has 1 aromatic heterocycles. The average molecular weight is 164 g/mol. The Hall–Kier alpha value is -1.58. The third kappa shape index (κ3) is 1.53. The van der Waals surface area contributed by atoms with Gasteiger partial charge in [0.2, 0.25) is 0 Å². The summed E-state index contributed by atoms with van der Waals surface area (Å²) in [5, 5.41) is 7.30. The highest BCUT2D eigenvalue weighted by Crippen LogP contribution is 2.03. The second-order valence-corrected chi connectivity index (χ2v) is 2.46. The topological polar surface area (TPSA) is 59.9 Å². The van der Waals surface area contributed by atoms with Crippen molar-refractivity contribution in [2.45, 2.75) is 13.8 Å². The van der Waals surface area contributed by atoms with Crippen LogP contribution in [0.3, 0.4) is 0 Å². The van der Waals surface area contributed by atoms with Gasteiger partial charge in [-0.15, -0.1) is 5.10 Å². The van der Waals surface area contributed by atoms with Crippen LogP contribution in [0.5, 0.6) is 0 Å². The number of Topliss-reactive ketones (excluding diaryl/α,β-unsaturated/α-hetero) is 1. The van der Waals surface area contributed by atoms with E-state index in [1.807, 2.05) is 0 Å². The lowest BCUT2D eigenvalue weighted by Gasteiger charge is -1.97. The largest absolute Gasteiger partial charge is 0.298 e. The number of aldehydes is 1. The predicted molar refractivity (Wildman–Crippen MR) is 42.2 cm³/mol. The SMILES string of the molecule is CC(=O)c1nnc(C)cc1C=O. The van der Waals surface area contributed by atoms with Crippen LogP contribution in [0.4, 0.5) is 0 Å². The van der Waals surface area contributed by atoms with Crippen LogP contribution in [0.15, 0.2) is 6.07 Å². The molecule has 0 aliphatic rings. The van der Waals surface area contributed by atoms with E-state index in [9.17, 15) is 9.59 Å². The first kappa shape index (κ1) is 8.52. The fraction of sp³-hybridized carbons (Fsp3) is 0.250. The van der Waals surface area contributed by atoms with E-state index < -0.39 is 0 Å². The molecule has 0 aliphatic carbocycles. The number of rotatable bonds is 2. The molecule has 0 atom stereocenters. The Kier molecular flexibility index (Phi) is 2.28. The van der Waals surface area contributed by atoms with Crippen LogP contribution in [0.1, 0.15) is 33.5 Å². The molecule has 0 spiro atoms. The molecular weight excluding hydrogens is 156 g/mol. The van der Waals surface area contributed by atoms with Crippen LogP contribution >= 0.6 is 0 Å². The predicted octanol–water partition coefficient (Wildman–Crippen LogP) is 0.800. The summed E-state index contributed by atoms with van der Waals surface area (Å²) < 4.78 is 0. The van der Waals surface area contributed by atoms with Gasteiger partial charge < -0.3 is 0 Å². The summed E-state index contributed by atoms with van der Waals surface area (Å²) in [5.74, 6) is -0.246. The van der Waals surface area contributed by atoms with Gasteiger partial charge in [0.25, 0.3) is 0 Å². The Balaban J connectivity index is 3.29. The minimum atomic E-state index is -0.246. The van der Waals surface area contributed by atoms with Gasteiger partial charge in [0.15, 0.2) is 12.1 Å². The van der Waals surface area contributed by atoms with Crippen LogP contribution in [0.2, 0.25) is 0 Å². The van der Waals surface area contributed by atoms with Crippen molar-refractivity contribution in [1.29, 1.82) is 0 Å². The fourth-order valence-corrected chi connectivity index (χ4v) is 0.872. The molecule has 0 bridgehead atoms. The van der Waals surface area contributed by atoms with Crippen molar-refractivity contribution in [3.8, 4) is 0 Å². The number of aromatic nitrogens is 2. The van der Waals surface area contributed by atoms with Crippen molar-refractivity contribution in [3.63, 3.8) is 0 Å². The molecule has 0 fully saturated rings. The summed E-state index contributed by atoms with van der Waals surface area (Å²) >= 11 is 0. The van der Waals surface area contributed by atoms with Gasteiger partial charge in [-0.3, -0.25) is 9.59 Å². The van der Waals surface area contributed by atoms with Gasteiger partial charge in [-0.2, -0.15) is 5.10 Å². The van der Waals surface area contributed by atoms with Gasteiger partial charge >= 0.3 is 0 Å². The highest BCUT2D eigenvalue weighted by molar-refractivity contribution is 5.99.